The van der Waals surface area contributed by atoms with Gasteiger partial charge in [0.1, 0.15) is 6.26 Å². The first kappa shape index (κ1) is 23.3. The second kappa shape index (κ2) is 9.41. The number of carboxylic acid groups (broad SMARTS) is 2. The van der Waals surface area contributed by atoms with Gasteiger partial charge in [0, 0.05) is 26.9 Å². The lowest BCUT2D eigenvalue weighted by Crippen LogP contribution is -2.06. The van der Waals surface area contributed by atoms with Crippen molar-refractivity contribution in [1.29, 1.82) is 0 Å². The Bertz CT molecular complexity index is 1770. The number of nitrogens with zero attached hydrogens (tertiary/aromatic N) is 4. The summed E-state index contributed by atoms with van der Waals surface area (Å²) in [5.74, 6) is -1.76. The molecule has 1 aliphatic heterocycles. The van der Waals surface area contributed by atoms with Crippen LogP contribution in [-0.2, 0) is 0 Å². The number of carboxylic acids is 2. The molecular weight excluding hydrogens is 504 g/mol. The maximum absolute atomic E-state index is 11.9. The van der Waals surface area contributed by atoms with Gasteiger partial charge in [-0.1, -0.05) is 36.4 Å². The molecule has 0 saturated carbocycles. The van der Waals surface area contributed by atoms with Crippen LogP contribution >= 0.6 is 11.3 Å². The molecule has 1 aliphatic rings. The van der Waals surface area contributed by atoms with Crippen LogP contribution in [-0.4, -0.2) is 37.1 Å². The molecule has 10 heteroatoms. The fourth-order valence-electron chi connectivity index (χ4n) is 4.27. The van der Waals surface area contributed by atoms with Gasteiger partial charge in [0.15, 0.2) is 0 Å². The number of rotatable bonds is 6. The van der Waals surface area contributed by atoms with E-state index in [4.69, 9.17) is 4.42 Å². The first-order valence-electron chi connectivity index (χ1n) is 11.4. The van der Waals surface area contributed by atoms with Gasteiger partial charge in [0.25, 0.3) is 0 Å². The van der Waals surface area contributed by atoms with E-state index in [1.807, 2.05) is 36.4 Å². The highest BCUT2D eigenvalue weighted by molar-refractivity contribution is 7.20. The summed E-state index contributed by atoms with van der Waals surface area (Å²) < 4.78 is 6.73. The first-order valence-corrected chi connectivity index (χ1v) is 12.2. The molecule has 38 heavy (non-hydrogen) atoms. The second-order valence-electron chi connectivity index (χ2n) is 8.38. The lowest BCUT2D eigenvalue weighted by molar-refractivity contribution is 0.0685. The zero-order chi connectivity index (χ0) is 26.2. The highest BCUT2D eigenvalue weighted by atomic mass is 32.1. The van der Waals surface area contributed by atoms with Crippen LogP contribution < -0.4 is 0 Å². The molecule has 2 N–H and O–H groups in total. The fraction of sp³-hybridized carbons (Fsp3) is 0.0357. The summed E-state index contributed by atoms with van der Waals surface area (Å²) >= 11 is 1.60. The maximum atomic E-state index is 11.9. The average molecular weight is 522 g/mol. The Hall–Kier alpha value is -5.09. The van der Waals surface area contributed by atoms with Gasteiger partial charge in [-0.3, -0.25) is 9.97 Å². The monoisotopic (exact) mass is 521 g/mol. The normalized spacial score (nSPS) is 14.7. The molecule has 5 aromatic rings. The molecule has 0 amide bonds. The third-order valence-electron chi connectivity index (χ3n) is 6.01. The molecule has 5 heterocycles. The van der Waals surface area contributed by atoms with Crippen molar-refractivity contribution in [3.63, 3.8) is 0 Å². The van der Waals surface area contributed by atoms with E-state index in [0.717, 1.165) is 26.1 Å². The van der Waals surface area contributed by atoms with Crippen LogP contribution in [0.2, 0.25) is 0 Å². The molecule has 1 aromatic carbocycles. The van der Waals surface area contributed by atoms with Crippen LogP contribution in [0.3, 0.4) is 0 Å². The van der Waals surface area contributed by atoms with Gasteiger partial charge in [0.05, 0.1) is 34.3 Å². The van der Waals surface area contributed by atoms with Crippen LogP contribution in [0.4, 0.5) is 0 Å². The molecule has 0 aliphatic carbocycles. The van der Waals surface area contributed by atoms with Crippen molar-refractivity contribution < 1.29 is 24.2 Å². The van der Waals surface area contributed by atoms with E-state index in [1.54, 1.807) is 23.7 Å². The number of carbonyl (C=O) groups is 2. The number of oxazole rings is 1. The van der Waals surface area contributed by atoms with Gasteiger partial charge >= 0.3 is 11.9 Å². The van der Waals surface area contributed by atoms with E-state index in [2.05, 4.69) is 20.3 Å². The largest absolute Gasteiger partial charge is 0.680 e. The Morgan fingerprint density at radius 3 is 2.55 bits per heavy atom. The van der Waals surface area contributed by atoms with Crippen LogP contribution in [0.25, 0.3) is 43.8 Å². The van der Waals surface area contributed by atoms with Gasteiger partial charge < -0.3 is 19.9 Å². The Morgan fingerprint density at radius 1 is 0.947 bits per heavy atom. The minimum absolute atomic E-state index is 0.00503. The minimum atomic E-state index is -1.14. The summed E-state index contributed by atoms with van der Waals surface area (Å²) in [4.78, 5) is 37.5. The maximum Gasteiger partial charge on any atom is 0.335 e. The van der Waals surface area contributed by atoms with E-state index in [1.165, 1.54) is 36.7 Å². The number of aromatic nitrogens is 3. The second-order valence-corrected chi connectivity index (χ2v) is 9.43. The fourth-order valence-corrected chi connectivity index (χ4v) is 5.47. The number of benzene rings is 1. The molecule has 0 fully saturated rings. The number of allylic oxidation sites excluding steroid dienone is 2. The number of pyridine rings is 2. The van der Waals surface area contributed by atoms with Gasteiger partial charge in [-0.05, 0) is 35.9 Å². The molecule has 0 bridgehead atoms. The van der Waals surface area contributed by atoms with E-state index < -0.39 is 18.0 Å². The minimum Gasteiger partial charge on any atom is -0.680 e. The van der Waals surface area contributed by atoms with Crippen molar-refractivity contribution in [2.45, 2.75) is 6.04 Å². The molecule has 1 unspecified atom stereocenters. The van der Waals surface area contributed by atoms with Crippen molar-refractivity contribution in [3.05, 3.63) is 113 Å². The van der Waals surface area contributed by atoms with Gasteiger partial charge in [-0.15, -0.1) is 11.3 Å². The smallest absolute Gasteiger partial charge is 0.335 e. The van der Waals surface area contributed by atoms with Crippen molar-refractivity contribution in [3.8, 4) is 22.8 Å². The standard InChI is InChI=1S/C28H17N4O5S/c33-27(34)16-6-8-30-20(12-16)22-14-17(28(35)36)13-21(32-22)19-11-15(5-7-29-19)25-24(26-31-9-10-37-26)18-3-1-2-4-23(18)38-25/h1-14,19H,(H,33,34)(H,35,36)/q-1. The van der Waals surface area contributed by atoms with E-state index in [0.29, 0.717) is 11.6 Å². The zero-order valence-corrected chi connectivity index (χ0v) is 20.3. The molecule has 6 rings (SSSR count). The molecule has 186 valence electrons. The van der Waals surface area contributed by atoms with Gasteiger partial charge in [0.2, 0.25) is 5.89 Å². The van der Waals surface area contributed by atoms with E-state index >= 15 is 0 Å². The summed E-state index contributed by atoms with van der Waals surface area (Å²) in [5, 5.41) is 24.7. The van der Waals surface area contributed by atoms with E-state index in [9.17, 15) is 19.8 Å². The van der Waals surface area contributed by atoms with Gasteiger partial charge in [-0.25, -0.2) is 14.6 Å². The summed E-state index contributed by atoms with van der Waals surface area (Å²) in [5.41, 5.74) is 2.64. The molecule has 1 atom stereocenters. The van der Waals surface area contributed by atoms with Crippen LogP contribution in [0.15, 0.2) is 90.0 Å². The topological polar surface area (TPSA) is 141 Å². The van der Waals surface area contributed by atoms with Crippen molar-refractivity contribution in [1.82, 2.24) is 15.0 Å². The first-order chi connectivity index (χ1) is 18.5. The van der Waals surface area contributed by atoms with Crippen molar-refractivity contribution >= 4 is 38.9 Å². The highest BCUT2D eigenvalue weighted by Crippen LogP contribution is 2.44. The molecule has 0 spiro atoms. The third kappa shape index (κ3) is 4.22. The van der Waals surface area contributed by atoms with E-state index in [-0.39, 0.29) is 22.5 Å². The van der Waals surface area contributed by atoms with Crippen LogP contribution in [0.5, 0.6) is 0 Å². The number of fused-ring (bicyclic) bond motifs is 1. The summed E-state index contributed by atoms with van der Waals surface area (Å²) in [6, 6.07) is 13.0. The third-order valence-corrected chi connectivity index (χ3v) is 7.23. The average Bonchev–Trinajstić information content (AvgIpc) is 3.61. The lowest BCUT2D eigenvalue weighted by Gasteiger charge is -2.31. The summed E-state index contributed by atoms with van der Waals surface area (Å²) in [7, 11) is 0. The van der Waals surface area contributed by atoms with Crippen LogP contribution in [0, 0.1) is 0 Å². The highest BCUT2D eigenvalue weighted by Gasteiger charge is 2.21. The number of hydrogen-bond acceptors (Lipinski definition) is 7. The quantitative estimate of drug-likeness (QED) is 0.260. The Balaban J connectivity index is 1.47. The number of thiophene rings is 1. The molecule has 4 aromatic heterocycles. The molecule has 0 saturated heterocycles. The Labute approximate surface area is 219 Å². The molecular formula is C28H17N4O5S-. The SMILES string of the molecule is O=C(O)c1ccnc(-c2cc(C(=O)O)cc(C3C=C(c4sc5ccccc5c4-c4ncco4)C=C[N-]3)n2)c1. The van der Waals surface area contributed by atoms with Crippen molar-refractivity contribution in [2.75, 3.05) is 0 Å². The predicted molar refractivity (Wildman–Crippen MR) is 142 cm³/mol. The molecule has 9 nitrogen and oxygen atoms in total. The zero-order valence-electron chi connectivity index (χ0n) is 19.5. The van der Waals surface area contributed by atoms with Crippen LogP contribution in [0.1, 0.15) is 37.3 Å². The lowest BCUT2D eigenvalue weighted by atomic mass is 9.99. The summed E-state index contributed by atoms with van der Waals surface area (Å²) in [6.07, 6.45) is 9.95. The predicted octanol–water partition coefficient (Wildman–Crippen LogP) is 6.44. The van der Waals surface area contributed by atoms with Gasteiger partial charge in [-0.2, -0.15) is 6.20 Å². The molecule has 0 radical (unpaired) electrons. The Morgan fingerprint density at radius 2 is 1.76 bits per heavy atom. The number of hydrogen-bond donors (Lipinski definition) is 2. The Kier molecular flexibility index (Phi) is 5.78. The summed E-state index contributed by atoms with van der Waals surface area (Å²) in [6.45, 7) is 0. The van der Waals surface area contributed by atoms with Crippen molar-refractivity contribution in [2.24, 2.45) is 0 Å². The number of aromatic carboxylic acids is 2.